The van der Waals surface area contributed by atoms with Crippen molar-refractivity contribution < 1.29 is 13.2 Å². The lowest BCUT2D eigenvalue weighted by atomic mass is 10.1. The lowest BCUT2D eigenvalue weighted by Gasteiger charge is -2.18. The molecule has 98 valence electrons. The Morgan fingerprint density at radius 3 is 2.59 bits per heavy atom. The average Bonchev–Trinajstić information content (AvgIpc) is 2.63. The Hall–Kier alpha value is -0.260. The summed E-state index contributed by atoms with van der Waals surface area (Å²) < 4.78 is 37.2. The molecule has 0 radical (unpaired) electrons. The maximum Gasteiger partial charge on any atom is 0.389 e. The molecule has 0 aliphatic carbocycles. The molecular formula is C11H15ClF3NS. The van der Waals surface area contributed by atoms with Gasteiger partial charge in [0.25, 0.3) is 0 Å². The Morgan fingerprint density at radius 2 is 2.12 bits per heavy atom. The minimum Gasteiger partial charge on any atom is -0.309 e. The maximum atomic E-state index is 12.2. The van der Waals surface area contributed by atoms with E-state index in [0.29, 0.717) is 10.9 Å². The van der Waals surface area contributed by atoms with Gasteiger partial charge < -0.3 is 5.32 Å². The van der Waals surface area contributed by atoms with Crippen molar-refractivity contribution in [1.29, 1.82) is 0 Å². The van der Waals surface area contributed by atoms with Crippen LogP contribution in [0.1, 0.15) is 37.1 Å². The first-order valence-corrected chi connectivity index (χ1v) is 6.67. The summed E-state index contributed by atoms with van der Waals surface area (Å²) in [4.78, 5) is 0.868. The highest BCUT2D eigenvalue weighted by molar-refractivity contribution is 7.16. The van der Waals surface area contributed by atoms with Crippen LogP contribution in [-0.4, -0.2) is 12.7 Å². The standard InChI is InChI=1S/C11H15ClF3NS/c1-2-7-16-8(5-6-11(13,14)15)9-3-4-10(12)17-9/h3-4,8,16H,2,5-7H2,1H3. The summed E-state index contributed by atoms with van der Waals surface area (Å²) in [6, 6.07) is 3.25. The lowest BCUT2D eigenvalue weighted by Crippen LogP contribution is -2.23. The highest BCUT2D eigenvalue weighted by Crippen LogP contribution is 2.32. The summed E-state index contributed by atoms with van der Waals surface area (Å²) in [5.41, 5.74) is 0. The number of hydrogen-bond donors (Lipinski definition) is 1. The van der Waals surface area contributed by atoms with Crippen molar-refractivity contribution in [1.82, 2.24) is 5.32 Å². The third-order valence-corrected chi connectivity index (χ3v) is 3.64. The third-order valence-electron chi connectivity index (χ3n) is 2.29. The molecule has 1 heterocycles. The van der Waals surface area contributed by atoms with Gasteiger partial charge in [0.05, 0.1) is 4.34 Å². The smallest absolute Gasteiger partial charge is 0.309 e. The van der Waals surface area contributed by atoms with Crippen molar-refractivity contribution in [2.75, 3.05) is 6.54 Å². The SMILES string of the molecule is CCCNC(CCC(F)(F)F)c1ccc(Cl)s1. The number of nitrogens with one attached hydrogen (secondary N) is 1. The van der Waals surface area contributed by atoms with E-state index >= 15 is 0 Å². The van der Waals surface area contributed by atoms with Gasteiger partial charge in [0.2, 0.25) is 0 Å². The summed E-state index contributed by atoms with van der Waals surface area (Å²) in [5, 5.41) is 3.12. The Kier molecular flexibility index (Phi) is 5.76. The predicted molar refractivity (Wildman–Crippen MR) is 65.7 cm³/mol. The molecule has 0 saturated carbocycles. The second-order valence-electron chi connectivity index (χ2n) is 3.80. The maximum absolute atomic E-state index is 12.2. The van der Waals surface area contributed by atoms with E-state index in [9.17, 15) is 13.2 Å². The number of thiophene rings is 1. The van der Waals surface area contributed by atoms with E-state index in [1.165, 1.54) is 11.3 Å². The molecule has 1 N–H and O–H groups in total. The van der Waals surface area contributed by atoms with E-state index < -0.39 is 12.6 Å². The van der Waals surface area contributed by atoms with Gasteiger partial charge in [0.15, 0.2) is 0 Å². The Morgan fingerprint density at radius 1 is 1.41 bits per heavy atom. The van der Waals surface area contributed by atoms with E-state index in [1.54, 1.807) is 12.1 Å². The second-order valence-corrected chi connectivity index (χ2v) is 5.55. The molecule has 0 amide bonds. The van der Waals surface area contributed by atoms with Gasteiger partial charge in [-0.1, -0.05) is 18.5 Å². The normalized spacial score (nSPS) is 13.9. The highest BCUT2D eigenvalue weighted by atomic mass is 35.5. The van der Waals surface area contributed by atoms with Crippen LogP contribution in [0.25, 0.3) is 0 Å². The molecule has 1 aromatic heterocycles. The van der Waals surface area contributed by atoms with Gasteiger partial charge >= 0.3 is 6.18 Å². The summed E-state index contributed by atoms with van der Waals surface area (Å²) in [6.45, 7) is 2.69. The van der Waals surface area contributed by atoms with Crippen LogP contribution < -0.4 is 5.32 Å². The molecule has 0 spiro atoms. The summed E-state index contributed by atoms with van der Waals surface area (Å²) in [5.74, 6) is 0. The van der Waals surface area contributed by atoms with Gasteiger partial charge in [-0.2, -0.15) is 13.2 Å². The first-order valence-electron chi connectivity index (χ1n) is 5.47. The van der Waals surface area contributed by atoms with Crippen LogP contribution in [0.4, 0.5) is 13.2 Å². The van der Waals surface area contributed by atoms with Crippen LogP contribution in [0.5, 0.6) is 0 Å². The molecule has 0 bridgehead atoms. The molecule has 0 fully saturated rings. The molecule has 1 rings (SSSR count). The summed E-state index contributed by atoms with van der Waals surface area (Å²) in [7, 11) is 0. The molecule has 17 heavy (non-hydrogen) atoms. The Bertz CT molecular complexity index is 338. The molecule has 1 aromatic rings. The number of hydrogen-bond acceptors (Lipinski definition) is 2. The van der Waals surface area contributed by atoms with Gasteiger partial charge in [-0.15, -0.1) is 11.3 Å². The molecule has 1 nitrogen and oxygen atoms in total. The molecule has 0 aliphatic rings. The van der Waals surface area contributed by atoms with E-state index in [-0.39, 0.29) is 12.5 Å². The third kappa shape index (κ3) is 5.75. The average molecular weight is 286 g/mol. The number of halogens is 4. The van der Waals surface area contributed by atoms with Crippen molar-refractivity contribution in [3.63, 3.8) is 0 Å². The van der Waals surface area contributed by atoms with E-state index in [4.69, 9.17) is 11.6 Å². The van der Waals surface area contributed by atoms with Gasteiger partial charge in [-0.3, -0.25) is 0 Å². The fourth-order valence-electron chi connectivity index (χ4n) is 1.49. The van der Waals surface area contributed by atoms with Gasteiger partial charge in [0, 0.05) is 17.3 Å². The van der Waals surface area contributed by atoms with Crippen molar-refractivity contribution in [2.45, 2.75) is 38.4 Å². The zero-order valence-corrected chi connectivity index (χ0v) is 11.1. The largest absolute Gasteiger partial charge is 0.389 e. The zero-order valence-electron chi connectivity index (χ0n) is 9.48. The molecule has 1 atom stereocenters. The molecule has 0 saturated heterocycles. The Labute approximate surface area is 108 Å². The first kappa shape index (κ1) is 14.8. The minimum atomic E-state index is -4.10. The lowest BCUT2D eigenvalue weighted by molar-refractivity contribution is -0.136. The van der Waals surface area contributed by atoms with Crippen molar-refractivity contribution in [2.24, 2.45) is 0 Å². The zero-order chi connectivity index (χ0) is 12.9. The molecule has 6 heteroatoms. The van der Waals surface area contributed by atoms with Crippen molar-refractivity contribution >= 4 is 22.9 Å². The van der Waals surface area contributed by atoms with Crippen LogP contribution in [0, 0.1) is 0 Å². The topological polar surface area (TPSA) is 12.0 Å². The molecule has 1 unspecified atom stereocenters. The predicted octanol–water partition coefficient (Wildman–Crippen LogP) is 4.78. The van der Waals surface area contributed by atoms with Crippen LogP contribution in [-0.2, 0) is 0 Å². The van der Waals surface area contributed by atoms with E-state index in [2.05, 4.69) is 5.32 Å². The molecule has 0 aromatic carbocycles. The minimum absolute atomic E-state index is 0.0559. The van der Waals surface area contributed by atoms with Crippen LogP contribution in [0.3, 0.4) is 0 Å². The number of alkyl halides is 3. The first-order chi connectivity index (χ1) is 7.92. The fourth-order valence-corrected chi connectivity index (χ4v) is 2.66. The summed E-state index contributed by atoms with van der Waals surface area (Å²) >= 11 is 7.13. The van der Waals surface area contributed by atoms with Crippen molar-refractivity contribution in [3.8, 4) is 0 Å². The van der Waals surface area contributed by atoms with E-state index in [1.807, 2.05) is 6.92 Å². The van der Waals surface area contributed by atoms with Gasteiger partial charge in [-0.05, 0) is 31.5 Å². The van der Waals surface area contributed by atoms with E-state index in [0.717, 1.165) is 11.3 Å². The van der Waals surface area contributed by atoms with Crippen LogP contribution in [0.15, 0.2) is 12.1 Å². The Balaban J connectivity index is 2.60. The quantitative estimate of drug-likeness (QED) is 0.793. The van der Waals surface area contributed by atoms with Crippen molar-refractivity contribution in [3.05, 3.63) is 21.3 Å². The molecular weight excluding hydrogens is 271 g/mol. The molecule has 0 aliphatic heterocycles. The van der Waals surface area contributed by atoms with Crippen LogP contribution >= 0.6 is 22.9 Å². The fraction of sp³-hybridized carbons (Fsp3) is 0.636. The van der Waals surface area contributed by atoms with Gasteiger partial charge in [-0.25, -0.2) is 0 Å². The number of rotatable bonds is 6. The van der Waals surface area contributed by atoms with Crippen LogP contribution in [0.2, 0.25) is 4.34 Å². The monoisotopic (exact) mass is 285 g/mol. The van der Waals surface area contributed by atoms with Gasteiger partial charge in [0.1, 0.15) is 0 Å². The second kappa shape index (κ2) is 6.61. The highest BCUT2D eigenvalue weighted by Gasteiger charge is 2.28. The summed E-state index contributed by atoms with van der Waals surface area (Å²) in [6.07, 6.45) is -3.93.